The second kappa shape index (κ2) is 3.23. The minimum atomic E-state index is -1.27. The third-order valence-electron chi connectivity index (χ3n) is 1.50. The first-order valence-corrected chi connectivity index (χ1v) is 3.44. The Balaban J connectivity index is 2.95. The van der Waals surface area contributed by atoms with Gasteiger partial charge in [-0.25, -0.2) is 0 Å². The average molecular weight is 166 g/mol. The summed E-state index contributed by atoms with van der Waals surface area (Å²) in [6.45, 7) is 0. The van der Waals surface area contributed by atoms with E-state index in [1.54, 1.807) is 18.2 Å². The fraction of sp³-hybridized carbons (Fsp3) is 0.125. The van der Waals surface area contributed by atoms with Crippen LogP contribution in [0, 0.1) is 0 Å². The number of anilines is 1. The first-order valence-electron chi connectivity index (χ1n) is 3.44. The smallest absolute Gasteiger partial charge is 0.250 e. The van der Waals surface area contributed by atoms with Gasteiger partial charge < -0.3 is 16.6 Å². The number of aliphatic hydroxyl groups is 1. The summed E-state index contributed by atoms with van der Waals surface area (Å²) >= 11 is 0. The Bertz CT molecular complexity index is 299. The Kier molecular flexibility index (Phi) is 2.30. The van der Waals surface area contributed by atoms with Crippen LogP contribution in [0.3, 0.4) is 0 Å². The number of primary amides is 1. The molecule has 0 saturated heterocycles. The fourth-order valence-electron chi connectivity index (χ4n) is 0.893. The Morgan fingerprint density at radius 2 is 2.17 bits per heavy atom. The van der Waals surface area contributed by atoms with Gasteiger partial charge in [0.25, 0.3) is 5.91 Å². The molecule has 0 saturated carbocycles. The fourth-order valence-corrected chi connectivity index (χ4v) is 0.893. The van der Waals surface area contributed by atoms with Crippen molar-refractivity contribution >= 4 is 11.6 Å². The summed E-state index contributed by atoms with van der Waals surface area (Å²) in [5, 5.41) is 9.19. The van der Waals surface area contributed by atoms with Gasteiger partial charge in [-0.05, 0) is 17.7 Å². The van der Waals surface area contributed by atoms with Crippen molar-refractivity contribution in [2.24, 2.45) is 5.73 Å². The topological polar surface area (TPSA) is 89.3 Å². The van der Waals surface area contributed by atoms with E-state index in [4.69, 9.17) is 11.5 Å². The van der Waals surface area contributed by atoms with Crippen molar-refractivity contribution < 1.29 is 9.90 Å². The van der Waals surface area contributed by atoms with Crippen LogP contribution in [0.1, 0.15) is 11.7 Å². The molecule has 64 valence electrons. The monoisotopic (exact) mass is 166 g/mol. The highest BCUT2D eigenvalue weighted by Gasteiger charge is 2.12. The molecule has 4 nitrogen and oxygen atoms in total. The number of amides is 1. The lowest BCUT2D eigenvalue weighted by Gasteiger charge is -2.06. The highest BCUT2D eigenvalue weighted by Crippen LogP contribution is 2.14. The van der Waals surface area contributed by atoms with Gasteiger partial charge in [0.15, 0.2) is 6.10 Å². The number of rotatable bonds is 2. The lowest BCUT2D eigenvalue weighted by atomic mass is 10.1. The number of hydrogen-bond acceptors (Lipinski definition) is 3. The number of benzene rings is 1. The van der Waals surface area contributed by atoms with E-state index in [9.17, 15) is 9.90 Å². The molecule has 4 heteroatoms. The maximum atomic E-state index is 10.5. The molecule has 0 aromatic heterocycles. The van der Waals surface area contributed by atoms with Gasteiger partial charge in [0.1, 0.15) is 0 Å². The number of nitrogen functional groups attached to an aromatic ring is 1. The van der Waals surface area contributed by atoms with E-state index >= 15 is 0 Å². The third kappa shape index (κ3) is 1.73. The first-order chi connectivity index (χ1) is 5.61. The van der Waals surface area contributed by atoms with Gasteiger partial charge in [-0.15, -0.1) is 0 Å². The van der Waals surface area contributed by atoms with Gasteiger partial charge in [0.2, 0.25) is 0 Å². The predicted octanol–water partition coefficient (Wildman–Crippen LogP) is -0.213. The molecule has 1 unspecified atom stereocenters. The van der Waals surface area contributed by atoms with Crippen LogP contribution in [0.15, 0.2) is 24.3 Å². The SMILES string of the molecule is NC(=O)C(O)c1cccc(N)c1. The molecule has 0 aliphatic heterocycles. The zero-order valence-corrected chi connectivity index (χ0v) is 6.40. The molecular weight excluding hydrogens is 156 g/mol. The van der Waals surface area contributed by atoms with E-state index < -0.39 is 12.0 Å². The van der Waals surface area contributed by atoms with E-state index in [2.05, 4.69) is 0 Å². The second-order valence-corrected chi connectivity index (χ2v) is 2.48. The number of nitrogens with two attached hydrogens (primary N) is 2. The number of hydrogen-bond donors (Lipinski definition) is 3. The van der Waals surface area contributed by atoms with Crippen LogP contribution in [0.4, 0.5) is 5.69 Å². The van der Waals surface area contributed by atoms with E-state index in [0.717, 1.165) is 0 Å². The molecule has 1 rings (SSSR count). The van der Waals surface area contributed by atoms with Crippen LogP contribution in [0.25, 0.3) is 0 Å². The summed E-state index contributed by atoms with van der Waals surface area (Å²) in [5.74, 6) is -0.777. The van der Waals surface area contributed by atoms with Gasteiger partial charge in [0.05, 0.1) is 0 Å². The van der Waals surface area contributed by atoms with E-state index in [1.165, 1.54) is 6.07 Å². The quantitative estimate of drug-likeness (QED) is 0.531. The van der Waals surface area contributed by atoms with E-state index in [1.807, 2.05) is 0 Å². The van der Waals surface area contributed by atoms with Crippen molar-refractivity contribution in [3.8, 4) is 0 Å². The normalized spacial score (nSPS) is 12.4. The van der Waals surface area contributed by atoms with Crippen LogP contribution >= 0.6 is 0 Å². The Morgan fingerprint density at radius 3 is 2.67 bits per heavy atom. The van der Waals surface area contributed by atoms with Gasteiger partial charge in [0, 0.05) is 5.69 Å². The Morgan fingerprint density at radius 1 is 1.50 bits per heavy atom. The van der Waals surface area contributed by atoms with Crippen molar-refractivity contribution in [1.29, 1.82) is 0 Å². The molecular formula is C8H10N2O2. The molecule has 0 aliphatic carbocycles. The van der Waals surface area contributed by atoms with Crippen molar-refractivity contribution in [2.45, 2.75) is 6.10 Å². The molecule has 0 heterocycles. The molecule has 0 spiro atoms. The van der Waals surface area contributed by atoms with Crippen LogP contribution < -0.4 is 11.5 Å². The molecule has 0 bridgehead atoms. The maximum absolute atomic E-state index is 10.5. The molecule has 12 heavy (non-hydrogen) atoms. The molecule has 5 N–H and O–H groups in total. The number of carbonyl (C=O) groups is 1. The van der Waals surface area contributed by atoms with Crippen LogP contribution in [-0.4, -0.2) is 11.0 Å². The standard InChI is InChI=1S/C8H10N2O2/c9-6-3-1-2-5(4-6)7(11)8(10)12/h1-4,7,11H,9H2,(H2,10,12). The molecule has 1 aromatic carbocycles. The lowest BCUT2D eigenvalue weighted by Crippen LogP contribution is -2.20. The van der Waals surface area contributed by atoms with Crippen LogP contribution in [0.5, 0.6) is 0 Å². The zero-order chi connectivity index (χ0) is 9.14. The van der Waals surface area contributed by atoms with E-state index in [-0.39, 0.29) is 0 Å². The molecule has 1 atom stereocenters. The maximum Gasteiger partial charge on any atom is 0.250 e. The summed E-state index contributed by atoms with van der Waals surface area (Å²) in [6, 6.07) is 6.41. The van der Waals surface area contributed by atoms with Crippen molar-refractivity contribution in [3.05, 3.63) is 29.8 Å². The summed E-state index contributed by atoms with van der Waals surface area (Å²) in [7, 11) is 0. The highest BCUT2D eigenvalue weighted by atomic mass is 16.3. The minimum absolute atomic E-state index is 0.419. The summed E-state index contributed by atoms with van der Waals surface area (Å²) in [4.78, 5) is 10.5. The van der Waals surface area contributed by atoms with E-state index in [0.29, 0.717) is 11.3 Å². The van der Waals surface area contributed by atoms with Crippen molar-refractivity contribution in [3.63, 3.8) is 0 Å². The Hall–Kier alpha value is -1.55. The largest absolute Gasteiger partial charge is 0.399 e. The molecule has 1 amide bonds. The lowest BCUT2D eigenvalue weighted by molar-refractivity contribution is -0.126. The number of carbonyl (C=O) groups excluding carboxylic acids is 1. The van der Waals surface area contributed by atoms with Crippen LogP contribution in [-0.2, 0) is 4.79 Å². The molecule has 0 fully saturated rings. The molecule has 1 aromatic rings. The third-order valence-corrected chi connectivity index (χ3v) is 1.50. The highest BCUT2D eigenvalue weighted by molar-refractivity contribution is 5.80. The van der Waals surface area contributed by atoms with Crippen molar-refractivity contribution in [1.82, 2.24) is 0 Å². The Labute approximate surface area is 69.8 Å². The minimum Gasteiger partial charge on any atom is -0.399 e. The van der Waals surface area contributed by atoms with Gasteiger partial charge in [-0.2, -0.15) is 0 Å². The summed E-state index contributed by atoms with van der Waals surface area (Å²) in [6.07, 6.45) is -1.27. The summed E-state index contributed by atoms with van der Waals surface area (Å²) in [5.41, 5.74) is 11.2. The van der Waals surface area contributed by atoms with Gasteiger partial charge in [-0.3, -0.25) is 4.79 Å². The van der Waals surface area contributed by atoms with Gasteiger partial charge in [-0.1, -0.05) is 12.1 Å². The predicted molar refractivity (Wildman–Crippen MR) is 45.0 cm³/mol. The summed E-state index contributed by atoms with van der Waals surface area (Å²) < 4.78 is 0. The van der Waals surface area contributed by atoms with Crippen molar-refractivity contribution in [2.75, 3.05) is 5.73 Å². The van der Waals surface area contributed by atoms with Crippen LogP contribution in [0.2, 0.25) is 0 Å². The first kappa shape index (κ1) is 8.55. The zero-order valence-electron chi connectivity index (χ0n) is 6.40. The van der Waals surface area contributed by atoms with Gasteiger partial charge >= 0.3 is 0 Å². The number of aliphatic hydroxyl groups excluding tert-OH is 1. The molecule has 0 aliphatic rings. The molecule has 0 radical (unpaired) electrons. The second-order valence-electron chi connectivity index (χ2n) is 2.48. The average Bonchev–Trinajstić information content (AvgIpc) is 2.03.